The molecule has 7 heteroatoms. The predicted molar refractivity (Wildman–Crippen MR) is 103 cm³/mol. The van der Waals surface area contributed by atoms with Gasteiger partial charge in [-0.3, -0.25) is 14.4 Å². The number of carbonyl (C=O) groups is 3. The second-order valence-electron chi connectivity index (χ2n) is 6.81. The normalized spacial score (nSPS) is 25.3. The van der Waals surface area contributed by atoms with Gasteiger partial charge in [0.1, 0.15) is 5.00 Å². The van der Waals surface area contributed by atoms with Crippen LogP contribution in [0.5, 0.6) is 0 Å². The van der Waals surface area contributed by atoms with Gasteiger partial charge in [-0.1, -0.05) is 30.4 Å². The topological polar surface area (TPSA) is 95.5 Å². The van der Waals surface area contributed by atoms with Crippen LogP contribution < -0.4 is 10.6 Å². The Bertz CT molecular complexity index is 921. The van der Waals surface area contributed by atoms with Crippen molar-refractivity contribution in [2.75, 3.05) is 10.6 Å². The van der Waals surface area contributed by atoms with Crippen molar-refractivity contribution in [3.05, 3.63) is 59.5 Å². The zero-order valence-electron chi connectivity index (χ0n) is 14.3. The fourth-order valence-corrected chi connectivity index (χ4v) is 4.80. The van der Waals surface area contributed by atoms with E-state index in [-0.39, 0.29) is 23.7 Å². The Labute approximate surface area is 159 Å². The predicted octanol–water partition coefficient (Wildman–Crippen LogP) is 3.46. The molecule has 4 atom stereocenters. The first-order valence-corrected chi connectivity index (χ1v) is 9.58. The molecular weight excluding hydrogens is 364 g/mol. The number of amides is 2. The maximum atomic E-state index is 12.8. The molecule has 0 spiro atoms. The number of aliphatic carboxylic acids is 1. The maximum Gasteiger partial charge on any atom is 0.307 e. The summed E-state index contributed by atoms with van der Waals surface area (Å²) in [5, 5.41) is 17.3. The average molecular weight is 382 g/mol. The molecule has 2 aromatic rings. The van der Waals surface area contributed by atoms with Crippen LogP contribution >= 0.6 is 11.3 Å². The Morgan fingerprint density at radius 2 is 1.67 bits per heavy atom. The summed E-state index contributed by atoms with van der Waals surface area (Å²) in [5.74, 6) is -3.06. The van der Waals surface area contributed by atoms with Crippen LogP contribution in [-0.2, 0) is 9.59 Å². The van der Waals surface area contributed by atoms with E-state index in [9.17, 15) is 19.5 Å². The number of carboxylic acids is 1. The van der Waals surface area contributed by atoms with E-state index in [1.54, 1.807) is 23.6 Å². The molecule has 0 saturated heterocycles. The van der Waals surface area contributed by atoms with Crippen molar-refractivity contribution in [1.29, 1.82) is 0 Å². The first-order valence-electron chi connectivity index (χ1n) is 8.70. The molecular formula is C20H18N2O4S. The molecule has 2 aliphatic rings. The van der Waals surface area contributed by atoms with E-state index in [1.165, 1.54) is 11.3 Å². The minimum Gasteiger partial charge on any atom is -0.481 e. The maximum absolute atomic E-state index is 12.8. The van der Waals surface area contributed by atoms with Crippen LogP contribution in [0.2, 0.25) is 0 Å². The average Bonchev–Trinajstić information content (AvgIpc) is 3.37. The number of thiophene rings is 1. The van der Waals surface area contributed by atoms with Crippen molar-refractivity contribution < 1.29 is 19.5 Å². The first-order chi connectivity index (χ1) is 13.0. The van der Waals surface area contributed by atoms with E-state index in [0.717, 1.165) is 0 Å². The standard InChI is InChI=1S/C20H18N2O4S/c23-17(21-13-4-2-1-3-5-13)14-8-9-27-19(14)22-18(24)15-11-6-7-12(10-11)16(15)20(25)26/h1-9,11-12,15-16H,10H2,(H,21,23)(H,22,24)(H,25,26)/t11-,12-,15-,16-/m0/s1. The fourth-order valence-electron chi connectivity index (χ4n) is 4.02. The van der Waals surface area contributed by atoms with Gasteiger partial charge in [-0.15, -0.1) is 11.3 Å². The molecule has 1 fully saturated rings. The van der Waals surface area contributed by atoms with Crippen LogP contribution in [0.4, 0.5) is 10.7 Å². The van der Waals surface area contributed by atoms with Crippen LogP contribution in [0.3, 0.4) is 0 Å². The molecule has 6 nitrogen and oxygen atoms in total. The number of benzene rings is 1. The van der Waals surface area contributed by atoms with E-state index in [4.69, 9.17) is 0 Å². The Morgan fingerprint density at radius 1 is 0.963 bits per heavy atom. The van der Waals surface area contributed by atoms with Crippen molar-refractivity contribution in [2.24, 2.45) is 23.7 Å². The third-order valence-electron chi connectivity index (χ3n) is 5.23. The van der Waals surface area contributed by atoms with Crippen LogP contribution in [0.15, 0.2) is 53.9 Å². The first kappa shape index (κ1) is 17.5. The number of carboxylic acid groups (broad SMARTS) is 1. The largest absolute Gasteiger partial charge is 0.481 e. The third kappa shape index (κ3) is 3.26. The van der Waals surface area contributed by atoms with Gasteiger partial charge < -0.3 is 15.7 Å². The van der Waals surface area contributed by atoms with Gasteiger partial charge in [0.25, 0.3) is 5.91 Å². The minimum atomic E-state index is -0.944. The van der Waals surface area contributed by atoms with E-state index in [0.29, 0.717) is 22.7 Å². The Kier molecular flexibility index (Phi) is 4.53. The molecule has 2 bridgehead atoms. The van der Waals surface area contributed by atoms with Crippen molar-refractivity contribution in [1.82, 2.24) is 0 Å². The molecule has 4 rings (SSSR count). The summed E-state index contributed by atoms with van der Waals surface area (Å²) >= 11 is 1.25. The number of rotatable bonds is 5. The summed E-state index contributed by atoms with van der Waals surface area (Å²) in [6.07, 6.45) is 4.53. The molecule has 1 saturated carbocycles. The molecule has 3 N–H and O–H groups in total. The highest BCUT2D eigenvalue weighted by atomic mass is 32.1. The Morgan fingerprint density at radius 3 is 2.37 bits per heavy atom. The highest BCUT2D eigenvalue weighted by Gasteiger charge is 2.51. The van der Waals surface area contributed by atoms with Crippen LogP contribution in [0, 0.1) is 23.7 Å². The van der Waals surface area contributed by atoms with Gasteiger partial charge in [-0.2, -0.15) is 0 Å². The van der Waals surface area contributed by atoms with Gasteiger partial charge in [-0.25, -0.2) is 0 Å². The van der Waals surface area contributed by atoms with E-state index in [2.05, 4.69) is 10.6 Å². The van der Waals surface area contributed by atoms with Gasteiger partial charge in [-0.05, 0) is 41.8 Å². The molecule has 1 aromatic heterocycles. The second kappa shape index (κ2) is 7.00. The van der Waals surface area contributed by atoms with E-state index in [1.807, 2.05) is 30.4 Å². The highest BCUT2D eigenvalue weighted by Crippen LogP contribution is 2.48. The van der Waals surface area contributed by atoms with E-state index >= 15 is 0 Å². The number of allylic oxidation sites excluding steroid dienone is 2. The summed E-state index contributed by atoms with van der Waals surface area (Å²) < 4.78 is 0. The summed E-state index contributed by atoms with van der Waals surface area (Å²) in [6.45, 7) is 0. The monoisotopic (exact) mass is 382 g/mol. The Hall–Kier alpha value is -2.93. The lowest BCUT2D eigenvalue weighted by molar-refractivity contribution is -0.146. The zero-order valence-corrected chi connectivity index (χ0v) is 15.1. The zero-order chi connectivity index (χ0) is 19.0. The quantitative estimate of drug-likeness (QED) is 0.690. The number of hydrogen-bond donors (Lipinski definition) is 3. The smallest absolute Gasteiger partial charge is 0.307 e. The molecule has 0 unspecified atom stereocenters. The molecule has 1 aromatic carbocycles. The van der Waals surface area contributed by atoms with Crippen molar-refractivity contribution >= 4 is 39.8 Å². The van der Waals surface area contributed by atoms with Gasteiger partial charge in [0.05, 0.1) is 17.4 Å². The van der Waals surface area contributed by atoms with Gasteiger partial charge in [0.15, 0.2) is 0 Å². The number of carbonyl (C=O) groups excluding carboxylic acids is 2. The fraction of sp³-hybridized carbons (Fsp3) is 0.250. The van der Waals surface area contributed by atoms with Crippen LogP contribution in [0.25, 0.3) is 0 Å². The molecule has 2 aliphatic carbocycles. The van der Waals surface area contributed by atoms with Crippen LogP contribution in [-0.4, -0.2) is 22.9 Å². The van der Waals surface area contributed by atoms with Crippen molar-refractivity contribution in [3.8, 4) is 0 Å². The number of nitrogens with one attached hydrogen (secondary N) is 2. The number of para-hydroxylation sites is 1. The number of anilines is 2. The minimum absolute atomic E-state index is 0.0577. The van der Waals surface area contributed by atoms with Crippen molar-refractivity contribution in [2.45, 2.75) is 6.42 Å². The lowest BCUT2D eigenvalue weighted by atomic mass is 9.82. The highest BCUT2D eigenvalue weighted by molar-refractivity contribution is 7.14. The number of fused-ring (bicyclic) bond motifs is 2. The summed E-state index contributed by atoms with van der Waals surface area (Å²) in [4.78, 5) is 37.0. The van der Waals surface area contributed by atoms with E-state index < -0.39 is 17.8 Å². The van der Waals surface area contributed by atoms with Gasteiger partial charge >= 0.3 is 5.97 Å². The molecule has 1 heterocycles. The van der Waals surface area contributed by atoms with Gasteiger partial charge in [0, 0.05) is 5.69 Å². The molecule has 2 amide bonds. The molecule has 0 radical (unpaired) electrons. The molecule has 27 heavy (non-hydrogen) atoms. The molecule has 0 aliphatic heterocycles. The lowest BCUT2D eigenvalue weighted by Crippen LogP contribution is -2.36. The summed E-state index contributed by atoms with van der Waals surface area (Å²) in [7, 11) is 0. The molecule has 138 valence electrons. The van der Waals surface area contributed by atoms with Crippen LogP contribution in [0.1, 0.15) is 16.8 Å². The van der Waals surface area contributed by atoms with Crippen molar-refractivity contribution in [3.63, 3.8) is 0 Å². The summed E-state index contributed by atoms with van der Waals surface area (Å²) in [5.41, 5.74) is 1.03. The Balaban J connectivity index is 1.50. The van der Waals surface area contributed by atoms with Gasteiger partial charge in [0.2, 0.25) is 5.91 Å². The lowest BCUT2D eigenvalue weighted by Gasteiger charge is -2.23. The number of hydrogen-bond acceptors (Lipinski definition) is 4. The SMILES string of the molecule is O=C(Nc1ccccc1)c1ccsc1NC(=O)[C@@H]1[C@@H](C(=O)O)[C@H]2C=C[C@H]1C2. The summed E-state index contributed by atoms with van der Waals surface area (Å²) in [6, 6.07) is 10.7. The second-order valence-corrected chi connectivity index (χ2v) is 7.73. The third-order valence-corrected chi connectivity index (χ3v) is 6.06.